The van der Waals surface area contributed by atoms with Gasteiger partial charge in [0.05, 0.1) is 0 Å². The molecule has 0 unspecified atom stereocenters. The second-order valence-electron chi connectivity index (χ2n) is 5.38. The van der Waals surface area contributed by atoms with Crippen LogP contribution in [-0.4, -0.2) is 29.8 Å². The molecule has 2 aliphatic rings. The number of aromatic hydroxyl groups is 1. The molecule has 2 heterocycles. The maximum atomic E-state index is 12.0. The van der Waals surface area contributed by atoms with Crippen molar-refractivity contribution in [3.8, 4) is 5.75 Å². The molecule has 1 aliphatic heterocycles. The predicted octanol–water partition coefficient (Wildman–Crippen LogP) is 0.904. The van der Waals surface area contributed by atoms with Crippen LogP contribution in [0.15, 0.2) is 33.5 Å². The van der Waals surface area contributed by atoms with Crippen LogP contribution in [0.4, 0.5) is 0 Å². The summed E-state index contributed by atoms with van der Waals surface area (Å²) in [7, 11) is 0. The zero-order valence-electron chi connectivity index (χ0n) is 11.8. The summed E-state index contributed by atoms with van der Waals surface area (Å²) in [6, 6.07) is 1.30. The van der Waals surface area contributed by atoms with Crippen LogP contribution in [0.3, 0.4) is 0 Å². The molecule has 1 aromatic heterocycles. The van der Waals surface area contributed by atoms with E-state index in [1.807, 2.05) is 0 Å². The van der Waals surface area contributed by atoms with Gasteiger partial charge in [-0.05, 0) is 38.1 Å². The fourth-order valence-electron chi connectivity index (χ4n) is 2.66. The molecule has 1 fully saturated rings. The molecule has 0 atom stereocenters. The Morgan fingerprint density at radius 1 is 1.09 bits per heavy atom. The lowest BCUT2D eigenvalue weighted by Crippen LogP contribution is -2.27. The topological polar surface area (TPSA) is 96.6 Å². The summed E-state index contributed by atoms with van der Waals surface area (Å²) >= 11 is 0. The van der Waals surface area contributed by atoms with Crippen molar-refractivity contribution in [3.63, 3.8) is 0 Å². The Balaban J connectivity index is 2.04. The quantitative estimate of drug-likeness (QED) is 0.622. The minimum absolute atomic E-state index is 0.0573. The van der Waals surface area contributed by atoms with Crippen molar-refractivity contribution in [3.05, 3.63) is 46.0 Å². The normalized spacial score (nSPS) is 19.4. The van der Waals surface area contributed by atoms with E-state index in [1.165, 1.54) is 12.1 Å². The van der Waals surface area contributed by atoms with E-state index in [0.717, 1.165) is 38.1 Å². The van der Waals surface area contributed by atoms with E-state index in [4.69, 9.17) is 4.42 Å². The summed E-state index contributed by atoms with van der Waals surface area (Å²) in [6.45, 7) is 1.67. The van der Waals surface area contributed by atoms with Gasteiger partial charge < -0.3 is 14.8 Å². The van der Waals surface area contributed by atoms with Crippen molar-refractivity contribution in [2.75, 3.05) is 13.1 Å². The first-order valence-electron chi connectivity index (χ1n) is 7.12. The smallest absolute Gasteiger partial charge is 0.227 e. The van der Waals surface area contributed by atoms with Crippen molar-refractivity contribution in [2.24, 2.45) is 0 Å². The van der Waals surface area contributed by atoms with E-state index in [1.54, 1.807) is 0 Å². The van der Waals surface area contributed by atoms with Gasteiger partial charge in [-0.25, -0.2) is 0 Å². The fourth-order valence-corrected chi connectivity index (χ4v) is 2.66. The van der Waals surface area contributed by atoms with Crippen molar-refractivity contribution >= 4 is 17.1 Å². The standard InChI is InChI=1S/C16H15NO5/c18-11-2-1-10(7-12(11)19)16-15(21)13(20)8-14(22-16)9-3-5-17-6-4-9/h1-2,7-9,17,21H,3-6H2. The molecule has 2 N–H and O–H groups in total. The first kappa shape index (κ1) is 14.5. The molecular formula is C16H15NO5. The minimum atomic E-state index is -0.702. The van der Waals surface area contributed by atoms with E-state index in [0.29, 0.717) is 5.76 Å². The van der Waals surface area contributed by atoms with E-state index in [-0.39, 0.29) is 17.3 Å². The Hall–Kier alpha value is -2.47. The minimum Gasteiger partial charge on any atom is -0.502 e. The molecule has 1 aliphatic carbocycles. The summed E-state index contributed by atoms with van der Waals surface area (Å²) < 4.78 is 5.69. The Bertz CT molecular complexity index is 750. The Kier molecular flexibility index (Phi) is 3.77. The molecule has 3 rings (SSSR count). The third-order valence-corrected chi connectivity index (χ3v) is 3.89. The van der Waals surface area contributed by atoms with E-state index >= 15 is 0 Å². The highest BCUT2D eigenvalue weighted by molar-refractivity contribution is 6.48. The van der Waals surface area contributed by atoms with E-state index in [2.05, 4.69) is 5.32 Å². The first-order valence-corrected chi connectivity index (χ1v) is 7.12. The number of carbonyl (C=O) groups excluding carboxylic acids is 2. The average Bonchev–Trinajstić information content (AvgIpc) is 2.53. The number of carbonyl (C=O) groups is 2. The van der Waals surface area contributed by atoms with Gasteiger partial charge in [0, 0.05) is 23.6 Å². The highest BCUT2D eigenvalue weighted by Crippen LogP contribution is 2.31. The van der Waals surface area contributed by atoms with Gasteiger partial charge in [0.1, 0.15) is 5.76 Å². The lowest BCUT2D eigenvalue weighted by molar-refractivity contribution is -0.131. The third-order valence-electron chi connectivity index (χ3n) is 3.89. The number of ketones is 2. The fraction of sp³-hybridized carbons (Fsp3) is 0.312. The summed E-state index contributed by atoms with van der Waals surface area (Å²) in [5, 5.41) is 13.2. The van der Waals surface area contributed by atoms with Crippen LogP contribution < -0.4 is 10.7 Å². The molecule has 0 radical (unpaired) electrons. The number of hydrogen-bond donors (Lipinski definition) is 2. The number of hydrogen-bond acceptors (Lipinski definition) is 6. The molecule has 114 valence electrons. The van der Waals surface area contributed by atoms with Crippen LogP contribution in [0.2, 0.25) is 0 Å². The van der Waals surface area contributed by atoms with Gasteiger partial charge in [0.15, 0.2) is 5.76 Å². The van der Waals surface area contributed by atoms with Gasteiger partial charge in [-0.2, -0.15) is 0 Å². The SMILES string of the molecule is O=C1C=CC(c2oc(C3CCNCC3)cc(=O)c2O)=CC1=O. The van der Waals surface area contributed by atoms with Crippen molar-refractivity contribution < 1.29 is 19.1 Å². The van der Waals surface area contributed by atoms with Gasteiger partial charge in [0.2, 0.25) is 22.7 Å². The molecule has 6 heteroatoms. The van der Waals surface area contributed by atoms with Gasteiger partial charge in [-0.3, -0.25) is 14.4 Å². The number of piperidine rings is 1. The van der Waals surface area contributed by atoms with Crippen molar-refractivity contribution in [2.45, 2.75) is 18.8 Å². The highest BCUT2D eigenvalue weighted by atomic mass is 16.4. The van der Waals surface area contributed by atoms with E-state index in [9.17, 15) is 19.5 Å². The second kappa shape index (κ2) is 5.73. The maximum Gasteiger partial charge on any atom is 0.227 e. The zero-order chi connectivity index (χ0) is 15.7. The summed E-state index contributed by atoms with van der Waals surface area (Å²) in [4.78, 5) is 34.6. The Morgan fingerprint density at radius 3 is 2.50 bits per heavy atom. The highest BCUT2D eigenvalue weighted by Gasteiger charge is 2.24. The zero-order valence-corrected chi connectivity index (χ0v) is 11.8. The molecule has 1 aromatic rings. The lowest BCUT2D eigenvalue weighted by Gasteiger charge is -2.22. The van der Waals surface area contributed by atoms with Gasteiger partial charge in [-0.15, -0.1) is 0 Å². The molecule has 0 saturated carbocycles. The molecule has 0 aromatic carbocycles. The van der Waals surface area contributed by atoms with Crippen LogP contribution in [-0.2, 0) is 9.59 Å². The average molecular weight is 301 g/mol. The molecule has 22 heavy (non-hydrogen) atoms. The number of nitrogens with one attached hydrogen (secondary N) is 1. The Morgan fingerprint density at radius 2 is 1.82 bits per heavy atom. The molecular weight excluding hydrogens is 286 g/mol. The molecule has 0 bridgehead atoms. The van der Waals surface area contributed by atoms with Gasteiger partial charge in [0.25, 0.3) is 0 Å². The lowest BCUT2D eigenvalue weighted by atomic mass is 9.94. The molecule has 6 nitrogen and oxygen atoms in total. The second-order valence-corrected chi connectivity index (χ2v) is 5.38. The summed E-state index contributed by atoms with van der Waals surface area (Å²) in [5.74, 6) is -1.35. The van der Waals surface area contributed by atoms with Crippen molar-refractivity contribution in [1.29, 1.82) is 0 Å². The Labute approximate surface area is 126 Å². The van der Waals surface area contributed by atoms with Crippen LogP contribution in [0.25, 0.3) is 5.57 Å². The molecule has 1 saturated heterocycles. The third kappa shape index (κ3) is 2.65. The van der Waals surface area contributed by atoms with Gasteiger partial charge in [-0.1, -0.05) is 0 Å². The summed E-state index contributed by atoms with van der Waals surface area (Å²) in [5.41, 5.74) is -0.316. The molecule has 0 spiro atoms. The molecule has 0 amide bonds. The van der Waals surface area contributed by atoms with E-state index < -0.39 is 22.7 Å². The predicted molar refractivity (Wildman–Crippen MR) is 78.6 cm³/mol. The largest absolute Gasteiger partial charge is 0.502 e. The van der Waals surface area contributed by atoms with Crippen molar-refractivity contribution in [1.82, 2.24) is 5.32 Å². The van der Waals surface area contributed by atoms with Crippen LogP contribution in [0.1, 0.15) is 30.3 Å². The van der Waals surface area contributed by atoms with Crippen LogP contribution in [0.5, 0.6) is 5.75 Å². The number of rotatable bonds is 2. The maximum absolute atomic E-state index is 12.0. The van der Waals surface area contributed by atoms with Crippen LogP contribution >= 0.6 is 0 Å². The number of allylic oxidation sites excluding steroid dienone is 4. The van der Waals surface area contributed by atoms with Crippen LogP contribution in [0, 0.1) is 0 Å². The first-order chi connectivity index (χ1) is 10.6. The van der Waals surface area contributed by atoms with Gasteiger partial charge >= 0.3 is 0 Å². The monoisotopic (exact) mass is 301 g/mol. The summed E-state index contributed by atoms with van der Waals surface area (Å²) in [6.07, 6.45) is 5.22.